The van der Waals surface area contributed by atoms with Gasteiger partial charge in [0.2, 0.25) is 0 Å². The second-order valence-corrected chi connectivity index (χ2v) is 18.2. The van der Waals surface area contributed by atoms with Gasteiger partial charge in [0.25, 0.3) is 7.82 Å². The zero-order valence-corrected chi connectivity index (χ0v) is 39.3. The smallest absolute Gasteiger partial charge is 0.306 e. The topological polar surface area (TPSA) is 111 Å². The molecule has 10 heteroatoms. The third-order valence-electron chi connectivity index (χ3n) is 9.80. The van der Waals surface area contributed by atoms with Crippen LogP contribution in [0, 0.1) is 0 Å². The van der Waals surface area contributed by atoms with Gasteiger partial charge in [0.1, 0.15) is 19.8 Å². The number of allylic oxidation sites excluding steroid dienone is 10. The molecule has 59 heavy (non-hydrogen) atoms. The Labute approximate surface area is 362 Å². The molecule has 0 saturated heterocycles. The highest BCUT2D eigenvalue weighted by Gasteiger charge is 2.21. The van der Waals surface area contributed by atoms with Crippen molar-refractivity contribution in [3.05, 3.63) is 60.8 Å². The van der Waals surface area contributed by atoms with Gasteiger partial charge < -0.3 is 27.9 Å². The molecule has 0 aliphatic carbocycles. The molecule has 1 unspecified atom stereocenters. The largest absolute Gasteiger partial charge is 0.756 e. The van der Waals surface area contributed by atoms with Crippen LogP contribution in [0.15, 0.2) is 60.8 Å². The molecule has 2 atom stereocenters. The highest BCUT2D eigenvalue weighted by molar-refractivity contribution is 7.45. The van der Waals surface area contributed by atoms with E-state index in [2.05, 4.69) is 68.5 Å². The first-order valence-corrected chi connectivity index (χ1v) is 25.0. The summed E-state index contributed by atoms with van der Waals surface area (Å²) in [4.78, 5) is 37.6. The minimum absolute atomic E-state index is 0.0407. The molecule has 9 nitrogen and oxygen atoms in total. The van der Waals surface area contributed by atoms with Crippen molar-refractivity contribution in [1.82, 2.24) is 0 Å². The van der Waals surface area contributed by atoms with Crippen LogP contribution in [0.4, 0.5) is 0 Å². The fraction of sp³-hybridized carbons (Fsp3) is 0.755. The molecule has 0 saturated carbocycles. The van der Waals surface area contributed by atoms with Gasteiger partial charge in [-0.1, -0.05) is 184 Å². The molecule has 342 valence electrons. The van der Waals surface area contributed by atoms with Crippen LogP contribution in [0.3, 0.4) is 0 Å². The van der Waals surface area contributed by atoms with Crippen molar-refractivity contribution in [3.8, 4) is 0 Å². The number of esters is 2. The van der Waals surface area contributed by atoms with Crippen molar-refractivity contribution in [3.63, 3.8) is 0 Å². The van der Waals surface area contributed by atoms with Crippen molar-refractivity contribution in [2.24, 2.45) is 0 Å². The second-order valence-electron chi connectivity index (χ2n) is 16.7. The summed E-state index contributed by atoms with van der Waals surface area (Å²) in [5, 5.41) is 0. The summed E-state index contributed by atoms with van der Waals surface area (Å²) in [6, 6.07) is 0. The number of rotatable bonds is 42. The first kappa shape index (κ1) is 56.7. The predicted molar refractivity (Wildman–Crippen MR) is 245 cm³/mol. The maximum absolute atomic E-state index is 12.7. The molecule has 0 heterocycles. The SMILES string of the molecule is CC/C=C/C/C=C/C/C=C/C/C=C/C/C=C/CCCC(=O)OC[C@H](COP(=O)([O-])OCC[N+](C)(C)C)OC(=O)CCCCCCCCCCCCCCCCCCCC. The number of nitrogens with zero attached hydrogens (tertiary/aromatic N) is 1. The number of ether oxygens (including phenoxy) is 2. The summed E-state index contributed by atoms with van der Waals surface area (Å²) in [6.07, 6.45) is 49.7. The van der Waals surface area contributed by atoms with Gasteiger partial charge in [-0.05, 0) is 51.4 Å². The summed E-state index contributed by atoms with van der Waals surface area (Å²) in [5.41, 5.74) is 0. The van der Waals surface area contributed by atoms with Gasteiger partial charge in [-0.15, -0.1) is 0 Å². The molecule has 0 aliphatic heterocycles. The highest BCUT2D eigenvalue weighted by Crippen LogP contribution is 2.38. The van der Waals surface area contributed by atoms with E-state index in [0.29, 0.717) is 23.9 Å². The molecule has 0 amide bonds. The fourth-order valence-electron chi connectivity index (χ4n) is 6.16. The molecular weight excluding hydrogens is 762 g/mol. The molecule has 0 rings (SSSR count). The van der Waals surface area contributed by atoms with Crippen LogP contribution in [0.1, 0.15) is 187 Å². The Hall–Kier alpha value is -2.29. The normalized spacial score (nSPS) is 14.1. The van der Waals surface area contributed by atoms with Crippen molar-refractivity contribution in [2.45, 2.75) is 193 Å². The van der Waals surface area contributed by atoms with Crippen molar-refractivity contribution in [1.29, 1.82) is 0 Å². The maximum atomic E-state index is 12.7. The van der Waals surface area contributed by atoms with E-state index in [9.17, 15) is 19.0 Å². The number of hydrogen-bond acceptors (Lipinski definition) is 8. The van der Waals surface area contributed by atoms with E-state index in [0.717, 1.165) is 57.8 Å². The van der Waals surface area contributed by atoms with Crippen molar-refractivity contribution < 1.29 is 42.1 Å². The first-order valence-electron chi connectivity index (χ1n) is 23.5. The number of quaternary nitrogens is 1. The third-order valence-corrected chi connectivity index (χ3v) is 10.8. The lowest BCUT2D eigenvalue weighted by atomic mass is 10.0. The molecule has 0 spiro atoms. The van der Waals surface area contributed by atoms with E-state index in [1.54, 1.807) is 0 Å². The Kier molecular flexibility index (Phi) is 39.5. The monoisotopic (exact) mass is 850 g/mol. The number of carbonyl (C=O) groups is 2. The average Bonchev–Trinajstić information content (AvgIpc) is 3.19. The van der Waals surface area contributed by atoms with Crippen LogP contribution in [0.25, 0.3) is 0 Å². The molecule has 0 aliphatic rings. The van der Waals surface area contributed by atoms with E-state index in [-0.39, 0.29) is 26.1 Å². The van der Waals surface area contributed by atoms with Crippen molar-refractivity contribution >= 4 is 19.8 Å². The van der Waals surface area contributed by atoms with Gasteiger partial charge in [0, 0.05) is 12.8 Å². The number of phosphoric ester groups is 1. The van der Waals surface area contributed by atoms with E-state index in [1.807, 2.05) is 27.2 Å². The zero-order valence-electron chi connectivity index (χ0n) is 38.4. The molecule has 0 radical (unpaired) electrons. The Morgan fingerprint density at radius 3 is 1.42 bits per heavy atom. The second kappa shape index (κ2) is 41.1. The Morgan fingerprint density at radius 1 is 0.542 bits per heavy atom. The lowest BCUT2D eigenvalue weighted by molar-refractivity contribution is -0.870. The van der Waals surface area contributed by atoms with Gasteiger partial charge in [-0.25, -0.2) is 0 Å². The van der Waals surface area contributed by atoms with E-state index in [4.69, 9.17) is 18.5 Å². The Bertz CT molecular complexity index is 1190. The van der Waals surface area contributed by atoms with Crippen LogP contribution < -0.4 is 4.89 Å². The number of likely N-dealkylation sites (N-methyl/N-ethyl adjacent to an activating group) is 1. The van der Waals surface area contributed by atoms with Crippen molar-refractivity contribution in [2.75, 3.05) is 47.5 Å². The Balaban J connectivity index is 4.39. The summed E-state index contributed by atoms with van der Waals surface area (Å²) in [6.45, 7) is 4.06. The quantitative estimate of drug-likeness (QED) is 0.0196. The van der Waals surface area contributed by atoms with Crippen LogP contribution in [-0.4, -0.2) is 70.0 Å². The number of hydrogen-bond donors (Lipinski definition) is 0. The minimum atomic E-state index is -4.64. The molecular formula is C49H88NO8P. The summed E-state index contributed by atoms with van der Waals surface area (Å²) in [5.74, 6) is -0.900. The number of carbonyl (C=O) groups excluding carboxylic acids is 2. The Morgan fingerprint density at radius 2 is 0.966 bits per heavy atom. The molecule has 0 bridgehead atoms. The summed E-state index contributed by atoms with van der Waals surface area (Å²) < 4.78 is 33.9. The van der Waals surface area contributed by atoms with Crippen LogP contribution in [-0.2, 0) is 32.7 Å². The standard InChI is InChI=1S/C49H88NO8P/c1-6-8-10-12-14-16-18-20-22-24-26-28-30-32-34-36-38-40-42-49(52)58-47(46-57-59(53,54)56-44-43-50(3,4)5)45-55-48(51)41-39-37-35-33-31-29-27-25-23-21-19-17-15-13-11-9-7-2/h9,11,15,17,21,23,27,29,33,35,47H,6-8,10,12-14,16,18-20,22,24-26,28,30-32,34,36-46H2,1-5H3/b11-9+,17-15+,23-21+,29-27+,35-33+/t47-/m1/s1. The van der Waals surface area contributed by atoms with E-state index in [1.165, 1.54) is 89.9 Å². The lowest BCUT2D eigenvalue weighted by Crippen LogP contribution is -2.37. The molecule has 0 aromatic heterocycles. The van der Waals surface area contributed by atoms with Crippen LogP contribution in [0.5, 0.6) is 0 Å². The maximum Gasteiger partial charge on any atom is 0.306 e. The van der Waals surface area contributed by atoms with E-state index >= 15 is 0 Å². The molecule has 0 aromatic rings. The van der Waals surface area contributed by atoms with Gasteiger partial charge in [0.15, 0.2) is 6.10 Å². The number of unbranched alkanes of at least 4 members (excludes halogenated alkanes) is 18. The van der Waals surface area contributed by atoms with Gasteiger partial charge in [-0.3, -0.25) is 14.2 Å². The number of phosphoric acid groups is 1. The van der Waals surface area contributed by atoms with Gasteiger partial charge in [-0.2, -0.15) is 0 Å². The lowest BCUT2D eigenvalue weighted by Gasteiger charge is -2.28. The third kappa shape index (κ3) is 45.1. The average molecular weight is 850 g/mol. The van der Waals surface area contributed by atoms with Crippen LogP contribution >= 0.6 is 7.82 Å². The molecule has 0 N–H and O–H groups in total. The first-order chi connectivity index (χ1) is 28.5. The molecule has 0 fully saturated rings. The van der Waals surface area contributed by atoms with Gasteiger partial charge in [0.05, 0.1) is 27.7 Å². The van der Waals surface area contributed by atoms with Gasteiger partial charge >= 0.3 is 11.9 Å². The highest BCUT2D eigenvalue weighted by atomic mass is 31.2. The molecule has 0 aromatic carbocycles. The summed E-state index contributed by atoms with van der Waals surface area (Å²) in [7, 11) is 1.13. The minimum Gasteiger partial charge on any atom is -0.756 e. The fourth-order valence-corrected chi connectivity index (χ4v) is 6.89. The van der Waals surface area contributed by atoms with E-state index < -0.39 is 32.5 Å². The zero-order chi connectivity index (χ0) is 43.6. The summed E-state index contributed by atoms with van der Waals surface area (Å²) >= 11 is 0. The predicted octanol–water partition coefficient (Wildman–Crippen LogP) is 13.0. The van der Waals surface area contributed by atoms with Crippen LogP contribution in [0.2, 0.25) is 0 Å².